The maximum Gasteiger partial charge on any atom is 0.135 e. The summed E-state index contributed by atoms with van der Waals surface area (Å²) in [6.07, 6.45) is 0. The van der Waals surface area contributed by atoms with E-state index in [4.69, 9.17) is 4.42 Å². The second-order valence-corrected chi connectivity index (χ2v) is 14.1. The minimum Gasteiger partial charge on any atom is -0.456 e. The Kier molecular flexibility index (Phi) is 6.90. The van der Waals surface area contributed by atoms with Gasteiger partial charge in [0.25, 0.3) is 0 Å². The zero-order valence-electron chi connectivity index (χ0n) is 29.4. The smallest absolute Gasteiger partial charge is 0.135 e. The number of rotatable bonds is 5. The molecule has 0 bridgehead atoms. The molecule has 0 radical (unpaired) electrons. The number of benzene rings is 10. The second kappa shape index (κ2) is 12.2. The molecule has 0 N–H and O–H groups in total. The van der Waals surface area contributed by atoms with E-state index in [1.54, 1.807) is 0 Å². The molecular formula is C52H33NO. The first-order valence-corrected chi connectivity index (χ1v) is 18.5. The van der Waals surface area contributed by atoms with E-state index >= 15 is 0 Å². The highest BCUT2D eigenvalue weighted by molar-refractivity contribution is 6.25. The fourth-order valence-corrected chi connectivity index (χ4v) is 8.46. The van der Waals surface area contributed by atoms with Crippen LogP contribution in [0.2, 0.25) is 0 Å². The van der Waals surface area contributed by atoms with Crippen LogP contribution in [-0.2, 0) is 0 Å². The van der Waals surface area contributed by atoms with Crippen molar-refractivity contribution in [1.82, 2.24) is 0 Å². The second-order valence-electron chi connectivity index (χ2n) is 14.1. The van der Waals surface area contributed by atoms with E-state index in [1.807, 2.05) is 12.1 Å². The third-order valence-electron chi connectivity index (χ3n) is 11.0. The van der Waals surface area contributed by atoms with Crippen LogP contribution in [0.4, 0.5) is 17.1 Å². The Morgan fingerprint density at radius 2 is 0.778 bits per heavy atom. The summed E-state index contributed by atoms with van der Waals surface area (Å²) < 4.78 is 6.12. The molecule has 0 unspecified atom stereocenters. The van der Waals surface area contributed by atoms with Crippen LogP contribution in [0.3, 0.4) is 0 Å². The third kappa shape index (κ3) is 4.88. The standard InChI is InChI=1S/C52H33NO/c1-2-12-41-35(10-1)11-9-18-42(41)36-22-27-39(28-23-36)53(40-29-30-47-45-15-4-3-13-43(45)44-14-5-6-16-46(44)49(47)33-40)38-25-20-34(21-26-38)37-24-31-52-50(32-37)48-17-7-8-19-51(48)54-52/h1-33H. The Bertz CT molecular complexity index is 3170. The summed E-state index contributed by atoms with van der Waals surface area (Å²) in [5.74, 6) is 0. The van der Waals surface area contributed by atoms with Crippen LogP contribution in [0.25, 0.3) is 87.3 Å². The van der Waals surface area contributed by atoms with Crippen molar-refractivity contribution in [1.29, 1.82) is 0 Å². The molecule has 252 valence electrons. The van der Waals surface area contributed by atoms with Crippen molar-refractivity contribution in [2.24, 2.45) is 0 Å². The van der Waals surface area contributed by atoms with Crippen molar-refractivity contribution in [2.45, 2.75) is 0 Å². The van der Waals surface area contributed by atoms with Gasteiger partial charge in [-0.15, -0.1) is 0 Å². The van der Waals surface area contributed by atoms with Crippen molar-refractivity contribution >= 4 is 82.1 Å². The van der Waals surface area contributed by atoms with Crippen molar-refractivity contribution < 1.29 is 4.42 Å². The highest BCUT2D eigenvalue weighted by Crippen LogP contribution is 2.42. The maximum absolute atomic E-state index is 6.12. The van der Waals surface area contributed by atoms with Gasteiger partial charge in [0.2, 0.25) is 0 Å². The Labute approximate surface area is 312 Å². The summed E-state index contributed by atoms with van der Waals surface area (Å²) in [7, 11) is 0. The van der Waals surface area contributed by atoms with Gasteiger partial charge in [-0.25, -0.2) is 0 Å². The summed E-state index contributed by atoms with van der Waals surface area (Å²) in [4.78, 5) is 2.38. The summed E-state index contributed by atoms with van der Waals surface area (Å²) in [6.45, 7) is 0. The molecule has 11 rings (SSSR count). The predicted octanol–water partition coefficient (Wildman–Crippen LogP) is 15.0. The Morgan fingerprint density at radius 3 is 1.48 bits per heavy atom. The number of hydrogen-bond donors (Lipinski definition) is 0. The van der Waals surface area contributed by atoms with Crippen LogP contribution in [-0.4, -0.2) is 0 Å². The van der Waals surface area contributed by atoms with Crippen LogP contribution in [0.15, 0.2) is 205 Å². The van der Waals surface area contributed by atoms with Gasteiger partial charge in [-0.3, -0.25) is 0 Å². The summed E-state index contributed by atoms with van der Waals surface area (Å²) in [5, 5.41) is 12.4. The molecule has 0 spiro atoms. The molecule has 2 nitrogen and oxygen atoms in total. The highest BCUT2D eigenvalue weighted by atomic mass is 16.3. The molecular weight excluding hydrogens is 655 g/mol. The molecule has 11 aromatic rings. The average molecular weight is 688 g/mol. The lowest BCUT2D eigenvalue weighted by atomic mass is 9.94. The minimum absolute atomic E-state index is 0.909. The molecule has 0 aliphatic carbocycles. The van der Waals surface area contributed by atoms with Gasteiger partial charge in [0.05, 0.1) is 0 Å². The molecule has 2 heteroatoms. The van der Waals surface area contributed by atoms with Crippen molar-refractivity contribution in [3.8, 4) is 22.3 Å². The van der Waals surface area contributed by atoms with Gasteiger partial charge in [-0.05, 0) is 120 Å². The molecule has 0 saturated heterocycles. The fourth-order valence-electron chi connectivity index (χ4n) is 8.46. The number of furan rings is 1. The number of anilines is 3. The lowest BCUT2D eigenvalue weighted by Gasteiger charge is -2.27. The van der Waals surface area contributed by atoms with Crippen molar-refractivity contribution in [2.75, 3.05) is 4.90 Å². The fraction of sp³-hybridized carbons (Fsp3) is 0. The topological polar surface area (TPSA) is 16.4 Å². The molecule has 0 amide bonds. The van der Waals surface area contributed by atoms with E-state index in [-0.39, 0.29) is 0 Å². The first kappa shape index (κ1) is 30.5. The number of para-hydroxylation sites is 1. The highest BCUT2D eigenvalue weighted by Gasteiger charge is 2.17. The Balaban J connectivity index is 1.06. The quantitative estimate of drug-likeness (QED) is 0.168. The van der Waals surface area contributed by atoms with Crippen LogP contribution in [0, 0.1) is 0 Å². The van der Waals surface area contributed by atoms with Gasteiger partial charge in [0, 0.05) is 27.8 Å². The lowest BCUT2D eigenvalue weighted by molar-refractivity contribution is 0.669. The van der Waals surface area contributed by atoms with E-state index in [9.17, 15) is 0 Å². The first-order chi connectivity index (χ1) is 26.8. The van der Waals surface area contributed by atoms with Gasteiger partial charge in [0.1, 0.15) is 11.2 Å². The van der Waals surface area contributed by atoms with Crippen LogP contribution < -0.4 is 4.90 Å². The molecule has 1 aromatic heterocycles. The van der Waals surface area contributed by atoms with E-state index in [1.165, 1.54) is 54.2 Å². The molecule has 1 heterocycles. The van der Waals surface area contributed by atoms with Gasteiger partial charge in [-0.2, -0.15) is 0 Å². The molecule has 0 saturated carbocycles. The Hall–Kier alpha value is -7.16. The van der Waals surface area contributed by atoms with E-state index in [0.29, 0.717) is 0 Å². The zero-order chi connectivity index (χ0) is 35.6. The first-order valence-electron chi connectivity index (χ1n) is 18.5. The summed E-state index contributed by atoms with van der Waals surface area (Å²) in [5.41, 5.74) is 9.89. The van der Waals surface area contributed by atoms with E-state index in [2.05, 4.69) is 193 Å². The van der Waals surface area contributed by atoms with Gasteiger partial charge in [0.15, 0.2) is 0 Å². The maximum atomic E-state index is 6.12. The van der Waals surface area contributed by atoms with Crippen LogP contribution in [0.1, 0.15) is 0 Å². The molecule has 10 aromatic carbocycles. The number of hydrogen-bond acceptors (Lipinski definition) is 2. The molecule has 0 fully saturated rings. The SMILES string of the molecule is c1ccc2c(-c3ccc(N(c4ccc(-c5ccc6oc7ccccc7c6c5)cc4)c4ccc5c6ccccc6c6ccccc6c5c4)cc3)cccc2c1. The number of fused-ring (bicyclic) bond motifs is 10. The molecule has 54 heavy (non-hydrogen) atoms. The normalized spacial score (nSPS) is 11.7. The summed E-state index contributed by atoms with van der Waals surface area (Å²) in [6, 6.07) is 72.4. The largest absolute Gasteiger partial charge is 0.456 e. The lowest BCUT2D eigenvalue weighted by Crippen LogP contribution is -2.10. The van der Waals surface area contributed by atoms with E-state index in [0.717, 1.165) is 50.1 Å². The van der Waals surface area contributed by atoms with Gasteiger partial charge < -0.3 is 9.32 Å². The van der Waals surface area contributed by atoms with Crippen LogP contribution in [0.5, 0.6) is 0 Å². The van der Waals surface area contributed by atoms with Gasteiger partial charge >= 0.3 is 0 Å². The van der Waals surface area contributed by atoms with Crippen LogP contribution >= 0.6 is 0 Å². The number of nitrogens with zero attached hydrogens (tertiary/aromatic N) is 1. The monoisotopic (exact) mass is 687 g/mol. The van der Waals surface area contributed by atoms with Crippen molar-refractivity contribution in [3.63, 3.8) is 0 Å². The Morgan fingerprint density at radius 1 is 0.278 bits per heavy atom. The van der Waals surface area contributed by atoms with E-state index < -0.39 is 0 Å². The third-order valence-corrected chi connectivity index (χ3v) is 11.0. The summed E-state index contributed by atoms with van der Waals surface area (Å²) >= 11 is 0. The van der Waals surface area contributed by atoms with Gasteiger partial charge in [-0.1, -0.05) is 146 Å². The molecule has 0 atom stereocenters. The molecule has 0 aliphatic heterocycles. The van der Waals surface area contributed by atoms with Crippen molar-refractivity contribution in [3.05, 3.63) is 200 Å². The predicted molar refractivity (Wildman–Crippen MR) is 229 cm³/mol. The molecule has 0 aliphatic rings. The average Bonchev–Trinajstić information content (AvgIpc) is 3.62. The minimum atomic E-state index is 0.909. The zero-order valence-corrected chi connectivity index (χ0v) is 29.4.